The smallest absolute Gasteiger partial charge is 0.252 e. The molecular weight excluding hydrogens is 404 g/mol. The normalized spacial score (nSPS) is 20.0. The van der Waals surface area contributed by atoms with Crippen molar-refractivity contribution in [3.63, 3.8) is 0 Å². The van der Waals surface area contributed by atoms with E-state index >= 15 is 0 Å². The van der Waals surface area contributed by atoms with E-state index < -0.39 is 6.04 Å². The molecule has 3 rings (SSSR count). The van der Waals surface area contributed by atoms with Crippen LogP contribution in [0.4, 0.5) is 5.69 Å². The predicted octanol–water partition coefficient (Wildman–Crippen LogP) is 1.56. The second-order valence-electron chi connectivity index (χ2n) is 7.24. The van der Waals surface area contributed by atoms with Crippen LogP contribution in [0.15, 0.2) is 24.3 Å². The first-order valence-corrected chi connectivity index (χ1v) is 10.9. The van der Waals surface area contributed by atoms with Gasteiger partial charge >= 0.3 is 0 Å². The number of hydrogen-bond donors (Lipinski definition) is 1. The van der Waals surface area contributed by atoms with E-state index in [1.54, 1.807) is 17.0 Å². The fourth-order valence-corrected chi connectivity index (χ4v) is 4.14. The SMILES string of the molecule is CCOc1ccc(NC(=O)C[C@H]2C(=O)N(CC)C(=S)N2CCN2CCOCC2)cc1. The summed E-state index contributed by atoms with van der Waals surface area (Å²) in [6.45, 7) is 9.48. The van der Waals surface area contributed by atoms with Crippen LogP contribution in [0.25, 0.3) is 0 Å². The zero-order chi connectivity index (χ0) is 21.5. The third kappa shape index (κ3) is 5.47. The maximum atomic E-state index is 12.9. The van der Waals surface area contributed by atoms with Crippen LogP contribution in [0.1, 0.15) is 20.3 Å². The lowest BCUT2D eigenvalue weighted by Crippen LogP contribution is -2.45. The zero-order valence-corrected chi connectivity index (χ0v) is 18.5. The largest absolute Gasteiger partial charge is 0.494 e. The molecule has 0 radical (unpaired) electrons. The van der Waals surface area contributed by atoms with Gasteiger partial charge in [0.15, 0.2) is 5.11 Å². The molecule has 164 valence electrons. The molecule has 2 aliphatic rings. The van der Waals surface area contributed by atoms with E-state index in [2.05, 4.69) is 10.2 Å². The Bertz CT molecular complexity index is 752. The molecular formula is C21H30N4O4S. The maximum Gasteiger partial charge on any atom is 0.252 e. The lowest BCUT2D eigenvalue weighted by molar-refractivity contribution is -0.130. The number of nitrogens with one attached hydrogen (secondary N) is 1. The summed E-state index contributed by atoms with van der Waals surface area (Å²) in [5.41, 5.74) is 0.670. The van der Waals surface area contributed by atoms with E-state index in [0.29, 0.717) is 30.5 Å². The molecule has 0 spiro atoms. The first kappa shape index (κ1) is 22.5. The highest BCUT2D eigenvalue weighted by molar-refractivity contribution is 7.80. The van der Waals surface area contributed by atoms with Crippen molar-refractivity contribution in [2.45, 2.75) is 26.3 Å². The summed E-state index contributed by atoms with van der Waals surface area (Å²) in [5, 5.41) is 3.38. The van der Waals surface area contributed by atoms with Gasteiger partial charge in [-0.2, -0.15) is 0 Å². The summed E-state index contributed by atoms with van der Waals surface area (Å²) in [4.78, 5) is 31.3. The number of morpholine rings is 1. The van der Waals surface area contributed by atoms with Crippen molar-refractivity contribution in [3.8, 4) is 5.75 Å². The molecule has 0 unspecified atom stereocenters. The van der Waals surface area contributed by atoms with Crippen LogP contribution in [0.5, 0.6) is 5.75 Å². The van der Waals surface area contributed by atoms with Gasteiger partial charge in [-0.25, -0.2) is 0 Å². The molecule has 2 aliphatic heterocycles. The van der Waals surface area contributed by atoms with E-state index in [-0.39, 0.29) is 18.2 Å². The van der Waals surface area contributed by atoms with Gasteiger partial charge in [-0.1, -0.05) is 0 Å². The molecule has 8 nitrogen and oxygen atoms in total. The molecule has 30 heavy (non-hydrogen) atoms. The average Bonchev–Trinajstić information content (AvgIpc) is 2.97. The number of carbonyl (C=O) groups excluding carboxylic acids is 2. The van der Waals surface area contributed by atoms with Crippen molar-refractivity contribution in [3.05, 3.63) is 24.3 Å². The minimum atomic E-state index is -0.568. The molecule has 1 N–H and O–H groups in total. The van der Waals surface area contributed by atoms with E-state index in [0.717, 1.165) is 38.6 Å². The van der Waals surface area contributed by atoms with Crippen LogP contribution in [0.3, 0.4) is 0 Å². The van der Waals surface area contributed by atoms with Crippen molar-refractivity contribution >= 4 is 34.8 Å². The fraction of sp³-hybridized carbons (Fsp3) is 0.571. The summed E-state index contributed by atoms with van der Waals surface area (Å²) >= 11 is 5.55. The Kier molecular flexibility index (Phi) is 8.01. The summed E-state index contributed by atoms with van der Waals surface area (Å²) in [6, 6.07) is 6.63. The molecule has 0 saturated carbocycles. The Morgan fingerprint density at radius 3 is 2.53 bits per heavy atom. The molecule has 1 atom stereocenters. The van der Waals surface area contributed by atoms with Crippen LogP contribution in [0, 0.1) is 0 Å². The van der Waals surface area contributed by atoms with E-state index in [1.807, 2.05) is 30.9 Å². The molecule has 0 aromatic heterocycles. The van der Waals surface area contributed by atoms with Crippen LogP contribution in [-0.2, 0) is 14.3 Å². The van der Waals surface area contributed by atoms with Crippen LogP contribution in [0.2, 0.25) is 0 Å². The van der Waals surface area contributed by atoms with Gasteiger partial charge in [-0.15, -0.1) is 0 Å². The maximum absolute atomic E-state index is 12.9. The number of rotatable bonds is 9. The monoisotopic (exact) mass is 434 g/mol. The number of thiocarbonyl (C=S) groups is 1. The Labute approximate surface area is 183 Å². The van der Waals surface area contributed by atoms with Gasteiger partial charge < -0.3 is 19.7 Å². The summed E-state index contributed by atoms with van der Waals surface area (Å²) in [5.74, 6) is 0.431. The number of amides is 2. The van der Waals surface area contributed by atoms with Crippen LogP contribution >= 0.6 is 12.2 Å². The molecule has 2 heterocycles. The van der Waals surface area contributed by atoms with Gasteiger partial charge in [-0.3, -0.25) is 19.4 Å². The number of hydrogen-bond acceptors (Lipinski definition) is 6. The lowest BCUT2D eigenvalue weighted by atomic mass is 10.1. The van der Waals surface area contributed by atoms with Gasteiger partial charge in [0.1, 0.15) is 11.8 Å². The first-order valence-electron chi connectivity index (χ1n) is 10.5. The Balaban J connectivity index is 1.61. The summed E-state index contributed by atoms with van der Waals surface area (Å²) in [7, 11) is 0. The summed E-state index contributed by atoms with van der Waals surface area (Å²) in [6.07, 6.45) is 0.0613. The molecule has 0 bridgehead atoms. The molecule has 2 fully saturated rings. The third-order valence-electron chi connectivity index (χ3n) is 5.31. The highest BCUT2D eigenvalue weighted by atomic mass is 32.1. The number of nitrogens with zero attached hydrogens (tertiary/aromatic N) is 3. The highest BCUT2D eigenvalue weighted by Crippen LogP contribution is 2.22. The topological polar surface area (TPSA) is 74.4 Å². The third-order valence-corrected chi connectivity index (χ3v) is 5.76. The standard InChI is InChI=1S/C21H30N4O4S/c1-3-24-20(27)18(25(21(24)30)10-9-23-11-13-28-14-12-23)15-19(26)22-16-5-7-17(8-6-16)29-4-2/h5-8,18H,3-4,9-15H2,1-2H3,(H,22,26)/t18-/m0/s1. The zero-order valence-electron chi connectivity index (χ0n) is 17.6. The molecule has 1 aromatic rings. The molecule has 9 heteroatoms. The van der Waals surface area contributed by atoms with Gasteiger partial charge in [-0.05, 0) is 50.3 Å². The van der Waals surface area contributed by atoms with Gasteiger partial charge in [0.2, 0.25) is 5.91 Å². The highest BCUT2D eigenvalue weighted by Gasteiger charge is 2.42. The van der Waals surface area contributed by atoms with E-state index in [4.69, 9.17) is 21.7 Å². The second kappa shape index (κ2) is 10.7. The molecule has 2 amide bonds. The first-order chi connectivity index (χ1) is 14.5. The minimum absolute atomic E-state index is 0.0613. The Morgan fingerprint density at radius 1 is 1.20 bits per heavy atom. The van der Waals surface area contributed by atoms with Gasteiger partial charge in [0.25, 0.3) is 5.91 Å². The Morgan fingerprint density at radius 2 is 1.90 bits per heavy atom. The Hall–Kier alpha value is -2.23. The van der Waals surface area contributed by atoms with Crippen molar-refractivity contribution in [2.75, 3.05) is 57.9 Å². The van der Waals surface area contributed by atoms with Crippen molar-refractivity contribution in [1.29, 1.82) is 0 Å². The molecule has 0 aliphatic carbocycles. The summed E-state index contributed by atoms with van der Waals surface area (Å²) < 4.78 is 10.8. The number of carbonyl (C=O) groups is 2. The molecule has 2 saturated heterocycles. The number of benzene rings is 1. The quantitative estimate of drug-likeness (QED) is 0.591. The second-order valence-corrected chi connectivity index (χ2v) is 7.60. The number of likely N-dealkylation sites (N-methyl/N-ethyl adjacent to an activating group) is 1. The lowest BCUT2D eigenvalue weighted by Gasteiger charge is -2.30. The van der Waals surface area contributed by atoms with Crippen molar-refractivity contribution in [1.82, 2.24) is 14.7 Å². The predicted molar refractivity (Wildman–Crippen MR) is 119 cm³/mol. The van der Waals surface area contributed by atoms with E-state index in [9.17, 15) is 9.59 Å². The number of ether oxygens (including phenoxy) is 2. The average molecular weight is 435 g/mol. The van der Waals surface area contributed by atoms with Crippen LogP contribution in [-0.4, -0.2) is 90.2 Å². The molecule has 1 aromatic carbocycles. The van der Waals surface area contributed by atoms with E-state index in [1.165, 1.54) is 0 Å². The number of anilines is 1. The fourth-order valence-electron chi connectivity index (χ4n) is 3.70. The van der Waals surface area contributed by atoms with Crippen molar-refractivity contribution in [2.24, 2.45) is 0 Å². The van der Waals surface area contributed by atoms with Gasteiger partial charge in [0.05, 0.1) is 26.2 Å². The van der Waals surface area contributed by atoms with Crippen molar-refractivity contribution < 1.29 is 19.1 Å². The van der Waals surface area contributed by atoms with Gasteiger partial charge in [0, 0.05) is 38.4 Å². The minimum Gasteiger partial charge on any atom is -0.494 e. The van der Waals surface area contributed by atoms with Crippen LogP contribution < -0.4 is 10.1 Å².